The largest absolute Gasteiger partial charge is 0.276 e. The summed E-state index contributed by atoms with van der Waals surface area (Å²) >= 11 is 0. The van der Waals surface area contributed by atoms with E-state index in [1.807, 2.05) is 12.1 Å². The first kappa shape index (κ1) is 16.2. The summed E-state index contributed by atoms with van der Waals surface area (Å²) in [7, 11) is -3.64. The summed E-state index contributed by atoms with van der Waals surface area (Å²) in [6, 6.07) is 10.4. The van der Waals surface area contributed by atoms with Crippen LogP contribution in [0.2, 0.25) is 0 Å². The van der Waals surface area contributed by atoms with Crippen molar-refractivity contribution < 1.29 is 8.42 Å². The molecule has 1 N–H and O–H groups in total. The Kier molecular flexibility index (Phi) is 5.27. The van der Waals surface area contributed by atoms with Crippen LogP contribution in [0.1, 0.15) is 25.0 Å². The third-order valence-corrected chi connectivity index (χ3v) is 4.19. The number of aromatic nitrogens is 1. The molecule has 1 aromatic heterocycles. The van der Waals surface area contributed by atoms with Crippen LogP contribution in [0.4, 0.5) is 0 Å². The van der Waals surface area contributed by atoms with Gasteiger partial charge in [0.1, 0.15) is 0 Å². The highest BCUT2D eigenvalue weighted by Gasteiger charge is 2.12. The van der Waals surface area contributed by atoms with Crippen molar-refractivity contribution in [2.45, 2.75) is 25.2 Å². The van der Waals surface area contributed by atoms with Crippen molar-refractivity contribution >= 4 is 16.2 Å². The van der Waals surface area contributed by atoms with Gasteiger partial charge in [-0.15, -0.1) is 0 Å². The minimum absolute atomic E-state index is 0.198. The van der Waals surface area contributed by atoms with Gasteiger partial charge in [-0.1, -0.05) is 32.0 Å². The Hall–Kier alpha value is -2.21. The van der Waals surface area contributed by atoms with E-state index in [0.717, 1.165) is 17.5 Å². The van der Waals surface area contributed by atoms with Crippen LogP contribution < -0.4 is 4.83 Å². The molecule has 5 nitrogen and oxygen atoms in total. The molecule has 0 unspecified atom stereocenters. The third kappa shape index (κ3) is 4.66. The molecule has 116 valence electrons. The van der Waals surface area contributed by atoms with Crippen molar-refractivity contribution in [3.8, 4) is 0 Å². The molecule has 0 atom stereocenters. The van der Waals surface area contributed by atoms with Gasteiger partial charge < -0.3 is 0 Å². The Labute approximate surface area is 131 Å². The van der Waals surface area contributed by atoms with Crippen LogP contribution in [-0.2, 0) is 16.4 Å². The van der Waals surface area contributed by atoms with E-state index in [1.165, 1.54) is 6.21 Å². The molecule has 1 heterocycles. The number of pyridine rings is 1. The summed E-state index contributed by atoms with van der Waals surface area (Å²) in [5.41, 5.74) is 1.84. The molecule has 6 heteroatoms. The molecule has 2 rings (SSSR count). The summed E-state index contributed by atoms with van der Waals surface area (Å²) in [5, 5.41) is 3.76. The molecule has 2 aromatic rings. The molecule has 0 radical (unpaired) electrons. The number of rotatable bonds is 6. The third-order valence-electron chi connectivity index (χ3n) is 2.95. The molecule has 0 saturated carbocycles. The van der Waals surface area contributed by atoms with Gasteiger partial charge in [0.05, 0.1) is 11.1 Å². The fourth-order valence-electron chi connectivity index (χ4n) is 1.95. The highest BCUT2D eigenvalue weighted by Crippen LogP contribution is 2.13. The van der Waals surface area contributed by atoms with Gasteiger partial charge in [0.15, 0.2) is 0 Å². The molecule has 0 fully saturated rings. The summed E-state index contributed by atoms with van der Waals surface area (Å²) in [6.07, 6.45) is 5.57. The number of sulfonamides is 1. The minimum Gasteiger partial charge on any atom is -0.264 e. The molecular weight excluding hydrogens is 298 g/mol. The average Bonchev–Trinajstić information content (AvgIpc) is 2.48. The Bertz CT molecular complexity index is 724. The molecule has 0 bridgehead atoms. The lowest BCUT2D eigenvalue weighted by Crippen LogP contribution is -2.18. The van der Waals surface area contributed by atoms with E-state index in [1.54, 1.807) is 36.7 Å². The lowest BCUT2D eigenvalue weighted by molar-refractivity contribution is 0.584. The highest BCUT2D eigenvalue weighted by atomic mass is 32.2. The van der Waals surface area contributed by atoms with Gasteiger partial charge in [-0.05, 0) is 36.1 Å². The second kappa shape index (κ2) is 7.17. The predicted molar refractivity (Wildman–Crippen MR) is 87.1 cm³/mol. The number of hydrogen-bond donors (Lipinski definition) is 1. The van der Waals surface area contributed by atoms with Gasteiger partial charge in [-0.2, -0.15) is 13.5 Å². The van der Waals surface area contributed by atoms with Crippen molar-refractivity contribution in [2.24, 2.45) is 11.0 Å². The molecule has 0 amide bonds. The normalized spacial score (nSPS) is 12.0. The summed E-state index contributed by atoms with van der Waals surface area (Å²) < 4.78 is 24.2. The Morgan fingerprint density at radius 1 is 1.23 bits per heavy atom. The zero-order chi connectivity index (χ0) is 16.0. The van der Waals surface area contributed by atoms with E-state index in [2.05, 4.69) is 28.8 Å². The van der Waals surface area contributed by atoms with Gasteiger partial charge in [0.2, 0.25) is 0 Å². The van der Waals surface area contributed by atoms with E-state index in [-0.39, 0.29) is 4.90 Å². The number of hydrazone groups is 1. The van der Waals surface area contributed by atoms with Crippen LogP contribution in [0.3, 0.4) is 0 Å². The molecule has 0 aliphatic heterocycles. The quantitative estimate of drug-likeness (QED) is 0.657. The fourth-order valence-corrected chi connectivity index (χ4v) is 2.74. The molecule has 0 spiro atoms. The van der Waals surface area contributed by atoms with Crippen LogP contribution in [0, 0.1) is 5.92 Å². The summed E-state index contributed by atoms with van der Waals surface area (Å²) in [5.74, 6) is 0.532. The van der Waals surface area contributed by atoms with Crippen molar-refractivity contribution in [1.29, 1.82) is 0 Å². The van der Waals surface area contributed by atoms with Gasteiger partial charge in [0, 0.05) is 18.0 Å². The van der Waals surface area contributed by atoms with Gasteiger partial charge >= 0.3 is 0 Å². The maximum atomic E-state index is 12.1. The Balaban J connectivity index is 2.05. The van der Waals surface area contributed by atoms with Crippen LogP contribution in [-0.4, -0.2) is 19.6 Å². The second-order valence-corrected chi connectivity index (χ2v) is 7.04. The Morgan fingerprint density at radius 3 is 2.55 bits per heavy atom. The van der Waals surface area contributed by atoms with Gasteiger partial charge in [-0.25, -0.2) is 4.83 Å². The lowest BCUT2D eigenvalue weighted by Gasteiger charge is -2.07. The average molecular weight is 317 g/mol. The van der Waals surface area contributed by atoms with Crippen LogP contribution >= 0.6 is 0 Å². The van der Waals surface area contributed by atoms with Crippen molar-refractivity contribution in [1.82, 2.24) is 9.82 Å². The van der Waals surface area contributed by atoms with Crippen molar-refractivity contribution in [3.63, 3.8) is 0 Å². The van der Waals surface area contributed by atoms with Crippen LogP contribution in [0.15, 0.2) is 58.8 Å². The molecule has 0 aliphatic rings. The predicted octanol–water partition coefficient (Wildman–Crippen LogP) is 2.59. The maximum Gasteiger partial charge on any atom is 0.276 e. The zero-order valence-electron chi connectivity index (χ0n) is 12.6. The zero-order valence-corrected chi connectivity index (χ0v) is 13.4. The van der Waals surface area contributed by atoms with E-state index in [4.69, 9.17) is 0 Å². The molecule has 1 aromatic carbocycles. The molecular formula is C16H19N3O2S. The number of hydrogen-bond acceptors (Lipinski definition) is 4. The highest BCUT2D eigenvalue weighted by molar-refractivity contribution is 7.89. The van der Waals surface area contributed by atoms with Gasteiger partial charge in [0.25, 0.3) is 10.0 Å². The minimum atomic E-state index is -3.64. The van der Waals surface area contributed by atoms with Crippen molar-refractivity contribution in [2.75, 3.05) is 0 Å². The summed E-state index contributed by atoms with van der Waals surface area (Å²) in [6.45, 7) is 4.25. The first-order chi connectivity index (χ1) is 10.5. The van der Waals surface area contributed by atoms with Crippen molar-refractivity contribution in [3.05, 3.63) is 59.9 Å². The second-order valence-electron chi connectivity index (χ2n) is 5.38. The van der Waals surface area contributed by atoms with E-state index in [9.17, 15) is 8.42 Å². The first-order valence-electron chi connectivity index (χ1n) is 7.01. The monoisotopic (exact) mass is 317 g/mol. The van der Waals surface area contributed by atoms with Crippen LogP contribution in [0.25, 0.3) is 0 Å². The SMILES string of the molecule is CC(C)Cc1ccc(S(=O)(=O)N/N=C\c2cccnc2)cc1. The molecule has 0 saturated heterocycles. The maximum absolute atomic E-state index is 12.1. The topological polar surface area (TPSA) is 71.4 Å². The first-order valence-corrected chi connectivity index (χ1v) is 8.49. The lowest BCUT2D eigenvalue weighted by atomic mass is 10.0. The van der Waals surface area contributed by atoms with E-state index >= 15 is 0 Å². The molecule has 22 heavy (non-hydrogen) atoms. The molecule has 0 aliphatic carbocycles. The van der Waals surface area contributed by atoms with E-state index in [0.29, 0.717) is 5.92 Å². The van der Waals surface area contributed by atoms with E-state index < -0.39 is 10.0 Å². The fraction of sp³-hybridized carbons (Fsp3) is 0.250. The smallest absolute Gasteiger partial charge is 0.264 e. The standard InChI is InChI=1S/C16H19N3O2S/c1-13(2)10-14-5-7-16(8-6-14)22(20,21)19-18-12-15-4-3-9-17-11-15/h3-9,11-13,19H,10H2,1-2H3/b18-12-. The Morgan fingerprint density at radius 2 is 1.95 bits per heavy atom. The summed E-state index contributed by atoms with van der Waals surface area (Å²) in [4.78, 5) is 6.32. The van der Waals surface area contributed by atoms with Gasteiger partial charge in [-0.3, -0.25) is 4.98 Å². The number of nitrogens with zero attached hydrogens (tertiary/aromatic N) is 2. The number of benzene rings is 1. The van der Waals surface area contributed by atoms with Crippen LogP contribution in [0.5, 0.6) is 0 Å². The number of nitrogens with one attached hydrogen (secondary N) is 1.